The molecule has 2 heterocycles. The first-order chi connectivity index (χ1) is 12.2. The van der Waals surface area contributed by atoms with Gasteiger partial charge in [-0.25, -0.2) is 0 Å². The molecular weight excluding hydrogens is 322 g/mol. The quantitative estimate of drug-likeness (QED) is 0.748. The van der Waals surface area contributed by atoms with Crippen molar-refractivity contribution in [2.75, 3.05) is 33.4 Å². The molecule has 0 spiro atoms. The Hall–Kier alpha value is -2.41. The van der Waals surface area contributed by atoms with Crippen LogP contribution in [0.5, 0.6) is 5.75 Å². The van der Waals surface area contributed by atoms with E-state index >= 15 is 0 Å². The maximum absolute atomic E-state index is 13.0. The zero-order chi connectivity index (χ0) is 17.6. The van der Waals surface area contributed by atoms with Crippen LogP contribution in [0.2, 0.25) is 0 Å². The second-order valence-corrected chi connectivity index (χ2v) is 6.10. The van der Waals surface area contributed by atoms with Crippen molar-refractivity contribution in [2.45, 2.75) is 25.7 Å². The smallest absolute Gasteiger partial charge is 0.257 e. The van der Waals surface area contributed by atoms with E-state index in [2.05, 4.69) is 10.1 Å². The van der Waals surface area contributed by atoms with Gasteiger partial charge in [-0.15, -0.1) is 0 Å². The summed E-state index contributed by atoms with van der Waals surface area (Å²) in [5.74, 6) is 1.90. The van der Waals surface area contributed by atoms with Crippen molar-refractivity contribution < 1.29 is 18.8 Å². The molecule has 3 rings (SSSR count). The monoisotopic (exact) mass is 345 g/mol. The standard InChI is InChI=1S/C18H23N3O4/c1-13-19-17(20-25-13)14-6-5-9-21(12-14)18(22)15-7-3-4-8-16(15)24-11-10-23-2/h3-4,7-8,14H,5-6,9-12H2,1-2H3. The summed E-state index contributed by atoms with van der Waals surface area (Å²) in [6.07, 6.45) is 1.87. The van der Waals surface area contributed by atoms with E-state index in [4.69, 9.17) is 14.0 Å². The van der Waals surface area contributed by atoms with Crippen LogP contribution in [0, 0.1) is 6.92 Å². The van der Waals surface area contributed by atoms with Gasteiger partial charge < -0.3 is 18.9 Å². The van der Waals surface area contributed by atoms with Gasteiger partial charge in [-0.2, -0.15) is 4.98 Å². The van der Waals surface area contributed by atoms with Gasteiger partial charge in [-0.05, 0) is 25.0 Å². The minimum atomic E-state index is -0.0297. The lowest BCUT2D eigenvalue weighted by atomic mass is 9.96. The number of benzene rings is 1. The molecule has 1 aliphatic rings. The third-order valence-corrected chi connectivity index (χ3v) is 4.28. The molecule has 1 saturated heterocycles. The molecule has 0 N–H and O–H groups in total. The Kier molecular flexibility index (Phi) is 5.65. The number of para-hydroxylation sites is 1. The summed E-state index contributed by atoms with van der Waals surface area (Å²) >= 11 is 0. The van der Waals surface area contributed by atoms with Crippen LogP contribution in [-0.2, 0) is 4.74 Å². The van der Waals surface area contributed by atoms with Crippen molar-refractivity contribution in [1.29, 1.82) is 0 Å². The SMILES string of the molecule is COCCOc1ccccc1C(=O)N1CCCC(c2noc(C)n2)C1. The largest absolute Gasteiger partial charge is 0.490 e. The van der Waals surface area contributed by atoms with E-state index in [1.165, 1.54) is 0 Å². The van der Waals surface area contributed by atoms with Gasteiger partial charge in [0.1, 0.15) is 12.4 Å². The van der Waals surface area contributed by atoms with Crippen LogP contribution < -0.4 is 4.74 Å². The molecule has 0 aliphatic carbocycles. The first-order valence-corrected chi connectivity index (χ1v) is 8.49. The lowest BCUT2D eigenvalue weighted by molar-refractivity contribution is 0.0696. The molecule has 25 heavy (non-hydrogen) atoms. The predicted molar refractivity (Wildman–Crippen MR) is 90.7 cm³/mol. The van der Waals surface area contributed by atoms with Gasteiger partial charge in [0.15, 0.2) is 5.82 Å². The van der Waals surface area contributed by atoms with E-state index in [1.807, 2.05) is 23.1 Å². The molecule has 1 fully saturated rings. The summed E-state index contributed by atoms with van der Waals surface area (Å²) in [6, 6.07) is 7.32. The van der Waals surface area contributed by atoms with Crippen LogP contribution in [0.3, 0.4) is 0 Å². The Morgan fingerprint density at radius 1 is 1.36 bits per heavy atom. The number of ether oxygens (including phenoxy) is 2. The van der Waals surface area contributed by atoms with Gasteiger partial charge in [-0.3, -0.25) is 4.79 Å². The van der Waals surface area contributed by atoms with Crippen LogP contribution >= 0.6 is 0 Å². The van der Waals surface area contributed by atoms with Crippen LogP contribution in [0.4, 0.5) is 0 Å². The Bertz CT molecular complexity index is 716. The average molecular weight is 345 g/mol. The molecule has 2 aromatic rings. The molecule has 7 heteroatoms. The Morgan fingerprint density at radius 2 is 2.20 bits per heavy atom. The number of methoxy groups -OCH3 is 1. The Morgan fingerprint density at radius 3 is 2.96 bits per heavy atom. The van der Waals surface area contributed by atoms with E-state index in [9.17, 15) is 4.79 Å². The van der Waals surface area contributed by atoms with E-state index in [0.717, 1.165) is 19.4 Å². The van der Waals surface area contributed by atoms with E-state index < -0.39 is 0 Å². The second kappa shape index (κ2) is 8.11. The molecule has 7 nitrogen and oxygen atoms in total. The Labute approximate surface area is 146 Å². The molecule has 1 aliphatic heterocycles. The number of hydrogen-bond acceptors (Lipinski definition) is 6. The Balaban J connectivity index is 1.72. The van der Waals surface area contributed by atoms with E-state index in [1.54, 1.807) is 20.1 Å². The molecule has 0 radical (unpaired) electrons. The lowest BCUT2D eigenvalue weighted by Gasteiger charge is -2.31. The van der Waals surface area contributed by atoms with Gasteiger partial charge in [0.25, 0.3) is 5.91 Å². The molecule has 0 saturated carbocycles. The number of likely N-dealkylation sites (tertiary alicyclic amines) is 1. The number of hydrogen-bond donors (Lipinski definition) is 0. The molecule has 134 valence electrons. The predicted octanol–water partition coefficient (Wildman–Crippen LogP) is 2.42. The second-order valence-electron chi connectivity index (χ2n) is 6.10. The number of amides is 1. The fourth-order valence-corrected chi connectivity index (χ4v) is 3.03. The molecular formula is C18H23N3O4. The number of carbonyl (C=O) groups is 1. The van der Waals surface area contributed by atoms with Gasteiger partial charge in [-0.1, -0.05) is 17.3 Å². The maximum atomic E-state index is 13.0. The highest BCUT2D eigenvalue weighted by molar-refractivity contribution is 5.97. The van der Waals surface area contributed by atoms with Crippen LogP contribution in [0.1, 0.15) is 40.8 Å². The number of aromatic nitrogens is 2. The number of piperidine rings is 1. The van der Waals surface area contributed by atoms with Crippen molar-refractivity contribution >= 4 is 5.91 Å². The molecule has 1 atom stereocenters. The van der Waals surface area contributed by atoms with Crippen molar-refractivity contribution in [3.05, 3.63) is 41.5 Å². The van der Waals surface area contributed by atoms with Crippen molar-refractivity contribution in [1.82, 2.24) is 15.0 Å². The zero-order valence-electron chi connectivity index (χ0n) is 14.6. The topological polar surface area (TPSA) is 77.7 Å². The molecule has 1 amide bonds. The fourth-order valence-electron chi connectivity index (χ4n) is 3.03. The van der Waals surface area contributed by atoms with E-state index in [-0.39, 0.29) is 11.8 Å². The number of rotatable bonds is 6. The summed E-state index contributed by atoms with van der Waals surface area (Å²) < 4.78 is 15.8. The molecule has 1 aromatic carbocycles. The van der Waals surface area contributed by atoms with Crippen LogP contribution in [0.15, 0.2) is 28.8 Å². The van der Waals surface area contributed by atoms with Gasteiger partial charge in [0.05, 0.1) is 12.2 Å². The minimum Gasteiger partial charge on any atom is -0.490 e. The first-order valence-electron chi connectivity index (χ1n) is 8.49. The highest BCUT2D eigenvalue weighted by Crippen LogP contribution is 2.28. The summed E-state index contributed by atoms with van der Waals surface area (Å²) in [5, 5.41) is 4.01. The van der Waals surface area contributed by atoms with Crippen LogP contribution in [-0.4, -0.2) is 54.4 Å². The third kappa shape index (κ3) is 4.17. The zero-order valence-corrected chi connectivity index (χ0v) is 14.6. The molecule has 1 unspecified atom stereocenters. The van der Waals surface area contributed by atoms with Crippen molar-refractivity contribution in [2.24, 2.45) is 0 Å². The minimum absolute atomic E-state index is 0.0297. The van der Waals surface area contributed by atoms with Gasteiger partial charge >= 0.3 is 0 Å². The number of aryl methyl sites for hydroxylation is 1. The fraction of sp³-hybridized carbons (Fsp3) is 0.500. The summed E-state index contributed by atoms with van der Waals surface area (Å²) in [6.45, 7) is 3.97. The summed E-state index contributed by atoms with van der Waals surface area (Å²) in [7, 11) is 1.62. The average Bonchev–Trinajstić information content (AvgIpc) is 3.08. The normalized spacial score (nSPS) is 17.5. The van der Waals surface area contributed by atoms with Crippen LogP contribution in [0.25, 0.3) is 0 Å². The molecule has 1 aromatic heterocycles. The number of carbonyl (C=O) groups excluding carboxylic acids is 1. The molecule has 0 bridgehead atoms. The highest BCUT2D eigenvalue weighted by Gasteiger charge is 2.29. The summed E-state index contributed by atoms with van der Waals surface area (Å²) in [5.41, 5.74) is 0.573. The summed E-state index contributed by atoms with van der Waals surface area (Å²) in [4.78, 5) is 19.1. The van der Waals surface area contributed by atoms with Crippen molar-refractivity contribution in [3.63, 3.8) is 0 Å². The first kappa shape index (κ1) is 17.4. The number of nitrogens with zero attached hydrogens (tertiary/aromatic N) is 3. The highest BCUT2D eigenvalue weighted by atomic mass is 16.5. The maximum Gasteiger partial charge on any atom is 0.257 e. The lowest BCUT2D eigenvalue weighted by Crippen LogP contribution is -2.39. The third-order valence-electron chi connectivity index (χ3n) is 4.28. The van der Waals surface area contributed by atoms with Gasteiger partial charge in [0, 0.05) is 33.0 Å². The van der Waals surface area contributed by atoms with Crippen molar-refractivity contribution in [3.8, 4) is 5.75 Å². The van der Waals surface area contributed by atoms with E-state index in [0.29, 0.717) is 42.8 Å². The van der Waals surface area contributed by atoms with Gasteiger partial charge in [0.2, 0.25) is 5.89 Å².